The molecule has 0 aromatic heterocycles. The lowest BCUT2D eigenvalue weighted by Gasteiger charge is -2.44. The molecule has 0 N–H and O–H groups in total. The van der Waals surface area contributed by atoms with Crippen LogP contribution in [0.2, 0.25) is 0 Å². The summed E-state index contributed by atoms with van der Waals surface area (Å²) in [5.41, 5.74) is 0.408. The van der Waals surface area contributed by atoms with Crippen LogP contribution in [-0.4, -0.2) is 55.7 Å². The number of ether oxygens (including phenoxy) is 3. The standard InChI is InChI=1S/C22H41NO3/c1-6-19-15-23(13-14-24-19)12-9-20-16-25-22(26-20)10-7-18(8-11-22)21(4,5)17(2)3/h17-20H,6-16H2,1-5H3. The van der Waals surface area contributed by atoms with Gasteiger partial charge < -0.3 is 14.2 Å². The summed E-state index contributed by atoms with van der Waals surface area (Å²) in [5, 5.41) is 0. The van der Waals surface area contributed by atoms with E-state index in [0.717, 1.165) is 70.4 Å². The molecular formula is C22H41NO3. The van der Waals surface area contributed by atoms with Gasteiger partial charge in [-0.05, 0) is 42.9 Å². The summed E-state index contributed by atoms with van der Waals surface area (Å²) in [6, 6.07) is 0. The molecule has 0 bridgehead atoms. The van der Waals surface area contributed by atoms with Crippen molar-refractivity contribution in [2.75, 3.05) is 32.8 Å². The average Bonchev–Trinajstić information content (AvgIpc) is 3.03. The second-order valence-corrected chi connectivity index (χ2v) is 9.70. The highest BCUT2D eigenvalue weighted by Crippen LogP contribution is 2.48. The van der Waals surface area contributed by atoms with Crippen molar-refractivity contribution in [1.29, 1.82) is 0 Å². The maximum Gasteiger partial charge on any atom is 0.168 e. The Morgan fingerprint density at radius 1 is 1.15 bits per heavy atom. The Morgan fingerprint density at radius 3 is 2.54 bits per heavy atom. The second-order valence-electron chi connectivity index (χ2n) is 9.70. The lowest BCUT2D eigenvalue weighted by Crippen LogP contribution is -2.43. The van der Waals surface area contributed by atoms with E-state index in [1.165, 1.54) is 12.8 Å². The number of morpholine rings is 1. The molecule has 0 radical (unpaired) electrons. The molecule has 2 unspecified atom stereocenters. The number of rotatable bonds is 6. The third-order valence-electron chi connectivity index (χ3n) is 7.65. The third kappa shape index (κ3) is 4.63. The Bertz CT molecular complexity index is 443. The molecule has 3 fully saturated rings. The van der Waals surface area contributed by atoms with E-state index in [2.05, 4.69) is 39.5 Å². The molecule has 1 saturated carbocycles. The van der Waals surface area contributed by atoms with Crippen LogP contribution in [0.3, 0.4) is 0 Å². The van der Waals surface area contributed by atoms with Gasteiger partial charge in [-0.15, -0.1) is 0 Å². The zero-order valence-corrected chi connectivity index (χ0v) is 17.8. The zero-order chi connectivity index (χ0) is 18.8. The largest absolute Gasteiger partial charge is 0.376 e. The van der Waals surface area contributed by atoms with Crippen LogP contribution in [0.15, 0.2) is 0 Å². The predicted octanol–water partition coefficient (Wildman–Crippen LogP) is 4.47. The topological polar surface area (TPSA) is 30.9 Å². The quantitative estimate of drug-likeness (QED) is 0.693. The van der Waals surface area contributed by atoms with Gasteiger partial charge in [-0.1, -0.05) is 34.6 Å². The molecule has 2 aliphatic heterocycles. The highest BCUT2D eigenvalue weighted by molar-refractivity contribution is 4.91. The Hall–Kier alpha value is -0.160. The van der Waals surface area contributed by atoms with E-state index >= 15 is 0 Å². The molecule has 0 amide bonds. The van der Waals surface area contributed by atoms with Crippen molar-refractivity contribution in [3.05, 3.63) is 0 Å². The second kappa shape index (κ2) is 8.46. The number of hydrogen-bond donors (Lipinski definition) is 0. The first kappa shape index (κ1) is 20.6. The Balaban J connectivity index is 1.43. The Kier molecular flexibility index (Phi) is 6.70. The van der Waals surface area contributed by atoms with Crippen molar-refractivity contribution in [1.82, 2.24) is 4.90 Å². The van der Waals surface area contributed by atoms with Crippen molar-refractivity contribution in [3.8, 4) is 0 Å². The summed E-state index contributed by atoms with van der Waals surface area (Å²) in [7, 11) is 0. The van der Waals surface area contributed by atoms with Gasteiger partial charge in [-0.3, -0.25) is 4.90 Å². The molecular weight excluding hydrogens is 326 g/mol. The van der Waals surface area contributed by atoms with Gasteiger partial charge in [-0.25, -0.2) is 0 Å². The molecule has 0 aromatic carbocycles. The molecule has 2 saturated heterocycles. The van der Waals surface area contributed by atoms with Gasteiger partial charge in [0, 0.05) is 32.5 Å². The first-order chi connectivity index (χ1) is 12.3. The van der Waals surface area contributed by atoms with Crippen LogP contribution in [0.1, 0.15) is 73.1 Å². The van der Waals surface area contributed by atoms with Crippen LogP contribution in [0.5, 0.6) is 0 Å². The van der Waals surface area contributed by atoms with E-state index in [4.69, 9.17) is 14.2 Å². The molecule has 4 nitrogen and oxygen atoms in total. The lowest BCUT2D eigenvalue weighted by molar-refractivity contribution is -0.199. The minimum atomic E-state index is -0.273. The summed E-state index contributed by atoms with van der Waals surface area (Å²) >= 11 is 0. The van der Waals surface area contributed by atoms with Crippen LogP contribution in [-0.2, 0) is 14.2 Å². The van der Waals surface area contributed by atoms with E-state index in [-0.39, 0.29) is 11.9 Å². The third-order valence-corrected chi connectivity index (χ3v) is 7.65. The fraction of sp³-hybridized carbons (Fsp3) is 1.00. The molecule has 152 valence electrons. The molecule has 3 aliphatic rings. The molecule has 26 heavy (non-hydrogen) atoms. The van der Waals surface area contributed by atoms with Gasteiger partial charge in [-0.2, -0.15) is 0 Å². The van der Waals surface area contributed by atoms with Gasteiger partial charge in [0.05, 0.1) is 25.4 Å². The summed E-state index contributed by atoms with van der Waals surface area (Å²) in [4.78, 5) is 2.54. The van der Waals surface area contributed by atoms with E-state index in [9.17, 15) is 0 Å². The molecule has 4 heteroatoms. The summed E-state index contributed by atoms with van der Waals surface area (Å²) in [5.74, 6) is 1.24. The van der Waals surface area contributed by atoms with Gasteiger partial charge in [0.1, 0.15) is 0 Å². The van der Waals surface area contributed by atoms with Crippen LogP contribution in [0.25, 0.3) is 0 Å². The molecule has 2 atom stereocenters. The summed E-state index contributed by atoms with van der Waals surface area (Å²) < 4.78 is 18.5. The van der Waals surface area contributed by atoms with Crippen LogP contribution < -0.4 is 0 Å². The maximum atomic E-state index is 6.48. The Morgan fingerprint density at radius 2 is 1.88 bits per heavy atom. The Labute approximate surface area is 160 Å². The molecule has 0 aromatic rings. The number of hydrogen-bond acceptors (Lipinski definition) is 4. The van der Waals surface area contributed by atoms with E-state index in [1.807, 2.05) is 0 Å². The average molecular weight is 368 g/mol. The first-order valence-corrected chi connectivity index (χ1v) is 11.0. The van der Waals surface area contributed by atoms with Gasteiger partial charge in [0.15, 0.2) is 5.79 Å². The molecule has 3 rings (SSSR count). The van der Waals surface area contributed by atoms with Gasteiger partial charge in [0.25, 0.3) is 0 Å². The molecule has 2 heterocycles. The fourth-order valence-corrected chi connectivity index (χ4v) is 4.85. The molecule has 1 aliphatic carbocycles. The highest BCUT2D eigenvalue weighted by atomic mass is 16.7. The van der Waals surface area contributed by atoms with Crippen molar-refractivity contribution in [2.24, 2.45) is 17.3 Å². The minimum absolute atomic E-state index is 0.271. The SMILES string of the molecule is CCC1CN(CCC2COC3(CCC(C(C)(C)C(C)C)CC3)O2)CCO1. The van der Waals surface area contributed by atoms with E-state index in [1.54, 1.807) is 0 Å². The highest BCUT2D eigenvalue weighted by Gasteiger charge is 2.47. The van der Waals surface area contributed by atoms with E-state index in [0.29, 0.717) is 11.5 Å². The fourth-order valence-electron chi connectivity index (χ4n) is 4.85. The smallest absolute Gasteiger partial charge is 0.168 e. The predicted molar refractivity (Wildman–Crippen MR) is 105 cm³/mol. The summed E-state index contributed by atoms with van der Waals surface area (Å²) in [6.07, 6.45) is 7.48. The van der Waals surface area contributed by atoms with Crippen molar-refractivity contribution in [3.63, 3.8) is 0 Å². The van der Waals surface area contributed by atoms with Crippen molar-refractivity contribution in [2.45, 2.75) is 91.1 Å². The van der Waals surface area contributed by atoms with Crippen LogP contribution in [0, 0.1) is 17.3 Å². The van der Waals surface area contributed by atoms with E-state index < -0.39 is 0 Å². The zero-order valence-electron chi connectivity index (χ0n) is 17.8. The first-order valence-electron chi connectivity index (χ1n) is 11.0. The minimum Gasteiger partial charge on any atom is -0.376 e. The van der Waals surface area contributed by atoms with Gasteiger partial charge in [0.2, 0.25) is 0 Å². The summed E-state index contributed by atoms with van der Waals surface area (Å²) in [6.45, 7) is 16.7. The van der Waals surface area contributed by atoms with Crippen LogP contribution in [0.4, 0.5) is 0 Å². The van der Waals surface area contributed by atoms with Crippen molar-refractivity contribution < 1.29 is 14.2 Å². The normalized spacial score (nSPS) is 36.9. The van der Waals surface area contributed by atoms with Crippen LogP contribution >= 0.6 is 0 Å². The molecule has 1 spiro atoms. The van der Waals surface area contributed by atoms with Crippen molar-refractivity contribution >= 4 is 0 Å². The lowest BCUT2D eigenvalue weighted by atomic mass is 9.64. The monoisotopic (exact) mass is 367 g/mol. The maximum absolute atomic E-state index is 6.48. The number of nitrogens with zero attached hydrogens (tertiary/aromatic N) is 1. The van der Waals surface area contributed by atoms with Gasteiger partial charge >= 0.3 is 0 Å².